The fourth-order valence-electron chi connectivity index (χ4n) is 3.81. The van der Waals surface area contributed by atoms with Crippen molar-refractivity contribution >= 4 is 40.1 Å². The Morgan fingerprint density at radius 3 is 3.00 bits per heavy atom. The van der Waals surface area contributed by atoms with E-state index in [9.17, 15) is 9.90 Å². The summed E-state index contributed by atoms with van der Waals surface area (Å²) in [7, 11) is 0. The summed E-state index contributed by atoms with van der Waals surface area (Å²) in [5.41, 5.74) is 1.74. The molecule has 1 saturated heterocycles. The highest BCUT2D eigenvalue weighted by atomic mass is 16.5. The molecule has 2 aromatic heterocycles. The van der Waals surface area contributed by atoms with E-state index in [1.807, 2.05) is 12.1 Å². The number of benzene rings is 1. The van der Waals surface area contributed by atoms with Crippen LogP contribution in [0.2, 0.25) is 0 Å². The van der Waals surface area contributed by atoms with Gasteiger partial charge in [0.05, 0.1) is 12.0 Å². The van der Waals surface area contributed by atoms with Gasteiger partial charge in [-0.05, 0) is 38.5 Å². The minimum atomic E-state index is -0.908. The molecule has 0 saturated carbocycles. The minimum Gasteiger partial charge on any atom is -0.476 e. The van der Waals surface area contributed by atoms with Crippen molar-refractivity contribution in [3.05, 3.63) is 30.5 Å². The van der Waals surface area contributed by atoms with Crippen LogP contribution in [0, 0.1) is 5.92 Å². The topological polar surface area (TPSA) is 113 Å². The van der Waals surface area contributed by atoms with Crippen molar-refractivity contribution in [3.8, 4) is 5.75 Å². The Hall–Kier alpha value is -3.33. The second-order valence-corrected chi connectivity index (χ2v) is 8.19. The van der Waals surface area contributed by atoms with Crippen LogP contribution in [0.15, 0.2) is 34.9 Å². The molecule has 1 fully saturated rings. The number of carbonyl (C=O) groups is 1. The molecule has 9 heteroatoms. The predicted octanol–water partition coefficient (Wildman–Crippen LogP) is 2.89. The van der Waals surface area contributed by atoms with Gasteiger partial charge in [0.15, 0.2) is 17.0 Å². The lowest BCUT2D eigenvalue weighted by atomic mass is 10.1. The van der Waals surface area contributed by atoms with Crippen LogP contribution in [-0.4, -0.2) is 46.3 Å². The van der Waals surface area contributed by atoms with E-state index in [0.717, 1.165) is 25.2 Å². The summed E-state index contributed by atoms with van der Waals surface area (Å²) in [6, 6.07) is 7.26. The number of ether oxygens (including phenoxy) is 1. The van der Waals surface area contributed by atoms with E-state index < -0.39 is 5.60 Å². The summed E-state index contributed by atoms with van der Waals surface area (Å²) in [5.74, 6) is 1.78. The minimum absolute atomic E-state index is 0.160. The number of hydrogen-bond acceptors (Lipinski definition) is 8. The van der Waals surface area contributed by atoms with Crippen molar-refractivity contribution in [1.29, 1.82) is 0 Å². The molecule has 4 heterocycles. The van der Waals surface area contributed by atoms with Crippen molar-refractivity contribution in [1.82, 2.24) is 9.97 Å². The number of aromatic nitrogens is 2. The smallest absolute Gasteiger partial charge is 0.268 e. The molecule has 1 aromatic carbocycles. The van der Waals surface area contributed by atoms with Crippen molar-refractivity contribution in [2.75, 3.05) is 35.2 Å². The highest BCUT2D eigenvalue weighted by Gasteiger charge is 2.35. The van der Waals surface area contributed by atoms with Gasteiger partial charge in [-0.2, -0.15) is 4.98 Å². The van der Waals surface area contributed by atoms with Crippen LogP contribution >= 0.6 is 0 Å². The number of hydrogen-bond donors (Lipinski definition) is 3. The lowest BCUT2D eigenvalue weighted by molar-refractivity contribution is -0.129. The number of nitrogens with one attached hydrogen (secondary N) is 2. The molecule has 1 unspecified atom stereocenters. The van der Waals surface area contributed by atoms with E-state index in [1.165, 1.54) is 0 Å². The molecule has 3 aromatic rings. The largest absolute Gasteiger partial charge is 0.476 e. The van der Waals surface area contributed by atoms with E-state index in [-0.39, 0.29) is 18.4 Å². The van der Waals surface area contributed by atoms with Crippen molar-refractivity contribution < 1.29 is 19.1 Å². The molecule has 3 N–H and O–H groups in total. The van der Waals surface area contributed by atoms with Crippen molar-refractivity contribution in [3.63, 3.8) is 0 Å². The Kier molecular flexibility index (Phi) is 4.28. The third-order valence-electron chi connectivity index (χ3n) is 5.53. The first-order valence-corrected chi connectivity index (χ1v) is 9.95. The summed E-state index contributed by atoms with van der Waals surface area (Å²) >= 11 is 0. The van der Waals surface area contributed by atoms with Crippen LogP contribution in [0.4, 0.5) is 23.1 Å². The molecular formula is C21H23N5O4. The fraction of sp³-hybridized carbons (Fsp3) is 0.381. The SMILES string of the molecule is CC1(C)Oc2ccc(Nc3nc(N4CCC(CO)C4)c4occc4n3)cc2NC1=O. The highest BCUT2D eigenvalue weighted by molar-refractivity contribution is 6.00. The van der Waals surface area contributed by atoms with Gasteiger partial charge in [-0.3, -0.25) is 4.79 Å². The third kappa shape index (κ3) is 3.21. The first-order valence-electron chi connectivity index (χ1n) is 9.95. The Morgan fingerprint density at radius 2 is 2.20 bits per heavy atom. The zero-order valence-electron chi connectivity index (χ0n) is 16.8. The number of aliphatic hydroxyl groups is 1. The molecule has 1 atom stereocenters. The van der Waals surface area contributed by atoms with Gasteiger partial charge in [0.2, 0.25) is 5.95 Å². The average molecular weight is 409 g/mol. The van der Waals surface area contributed by atoms with Gasteiger partial charge in [-0.25, -0.2) is 4.98 Å². The zero-order valence-corrected chi connectivity index (χ0v) is 16.8. The Balaban J connectivity index is 1.45. The van der Waals surface area contributed by atoms with Gasteiger partial charge >= 0.3 is 0 Å². The van der Waals surface area contributed by atoms with Gasteiger partial charge in [0.1, 0.15) is 11.3 Å². The molecule has 0 radical (unpaired) electrons. The van der Waals surface area contributed by atoms with Crippen LogP contribution in [0.25, 0.3) is 11.1 Å². The molecule has 9 nitrogen and oxygen atoms in total. The molecule has 156 valence electrons. The Morgan fingerprint density at radius 1 is 1.33 bits per heavy atom. The summed E-state index contributed by atoms with van der Waals surface area (Å²) < 4.78 is 11.4. The maximum atomic E-state index is 12.2. The zero-order chi connectivity index (χ0) is 20.9. The summed E-state index contributed by atoms with van der Waals surface area (Å²) in [6.45, 7) is 5.14. The molecule has 5 rings (SSSR count). The summed E-state index contributed by atoms with van der Waals surface area (Å²) in [5, 5.41) is 15.6. The molecular weight excluding hydrogens is 386 g/mol. The highest BCUT2D eigenvalue weighted by Crippen LogP contribution is 2.36. The van der Waals surface area contributed by atoms with Gasteiger partial charge in [-0.15, -0.1) is 0 Å². The number of furan rings is 1. The van der Waals surface area contributed by atoms with Crippen molar-refractivity contribution in [2.45, 2.75) is 25.9 Å². The lowest BCUT2D eigenvalue weighted by Crippen LogP contribution is -2.45. The van der Waals surface area contributed by atoms with Crippen molar-refractivity contribution in [2.24, 2.45) is 5.92 Å². The van der Waals surface area contributed by atoms with E-state index in [2.05, 4.69) is 25.5 Å². The van der Waals surface area contributed by atoms with Crippen LogP contribution in [0.5, 0.6) is 5.75 Å². The predicted molar refractivity (Wildman–Crippen MR) is 112 cm³/mol. The third-order valence-corrected chi connectivity index (χ3v) is 5.53. The standard InChI is InChI=1S/C21H23N5O4/c1-21(2)19(28)23-15-9-13(3-4-16(15)30-21)22-20-24-14-6-8-29-17(14)18(25-20)26-7-5-12(10-26)11-27/h3-4,6,8-9,12,27H,5,7,10-11H2,1-2H3,(H,23,28)(H,22,24,25). The second-order valence-electron chi connectivity index (χ2n) is 8.19. The van der Waals surface area contributed by atoms with Crippen LogP contribution in [0.3, 0.4) is 0 Å². The normalized spacial score (nSPS) is 20.0. The number of fused-ring (bicyclic) bond motifs is 2. The lowest BCUT2D eigenvalue weighted by Gasteiger charge is -2.31. The summed E-state index contributed by atoms with van der Waals surface area (Å²) in [6.07, 6.45) is 2.51. The van der Waals surface area contributed by atoms with Gasteiger partial charge < -0.3 is 29.8 Å². The van der Waals surface area contributed by atoms with Gasteiger partial charge in [0, 0.05) is 37.4 Å². The summed E-state index contributed by atoms with van der Waals surface area (Å²) in [4.78, 5) is 23.5. The second kappa shape index (κ2) is 6.88. The molecule has 1 amide bonds. The first-order chi connectivity index (χ1) is 14.4. The first kappa shape index (κ1) is 18.7. The molecule has 2 aliphatic heterocycles. The van der Waals surface area contributed by atoms with E-state index in [1.54, 1.807) is 32.2 Å². The maximum Gasteiger partial charge on any atom is 0.268 e. The molecule has 30 heavy (non-hydrogen) atoms. The molecule has 2 aliphatic rings. The number of nitrogens with zero attached hydrogens (tertiary/aromatic N) is 3. The Labute approximate surface area is 173 Å². The quantitative estimate of drug-likeness (QED) is 0.603. The van der Waals surface area contributed by atoms with Crippen LogP contribution < -0.4 is 20.3 Å². The van der Waals surface area contributed by atoms with E-state index in [4.69, 9.17) is 9.15 Å². The van der Waals surface area contributed by atoms with Gasteiger partial charge in [-0.1, -0.05) is 0 Å². The molecule has 0 spiro atoms. The maximum absolute atomic E-state index is 12.2. The fourth-order valence-corrected chi connectivity index (χ4v) is 3.81. The average Bonchev–Trinajstić information content (AvgIpc) is 3.37. The van der Waals surface area contributed by atoms with E-state index in [0.29, 0.717) is 34.3 Å². The monoisotopic (exact) mass is 409 g/mol. The van der Waals surface area contributed by atoms with Crippen LogP contribution in [0.1, 0.15) is 20.3 Å². The number of anilines is 4. The van der Waals surface area contributed by atoms with Crippen LogP contribution in [-0.2, 0) is 4.79 Å². The van der Waals surface area contributed by atoms with E-state index >= 15 is 0 Å². The van der Waals surface area contributed by atoms with Gasteiger partial charge in [0.25, 0.3) is 5.91 Å². The number of aliphatic hydroxyl groups excluding tert-OH is 1. The molecule has 0 aliphatic carbocycles. The Bertz CT molecular complexity index is 1130. The number of rotatable bonds is 4. The molecule has 0 bridgehead atoms. The number of carbonyl (C=O) groups excluding carboxylic acids is 1. The number of amides is 1.